The second-order valence-corrected chi connectivity index (χ2v) is 4.00. The molecule has 16 heavy (non-hydrogen) atoms. The molecule has 0 aromatic heterocycles. The Morgan fingerprint density at radius 3 is 2.06 bits per heavy atom. The van der Waals surface area contributed by atoms with Crippen LogP contribution in [0.25, 0.3) is 0 Å². The van der Waals surface area contributed by atoms with Gasteiger partial charge in [-0.3, -0.25) is 4.90 Å². The summed E-state index contributed by atoms with van der Waals surface area (Å²) in [6.07, 6.45) is 1.07. The van der Waals surface area contributed by atoms with Gasteiger partial charge < -0.3 is 15.4 Å². The maximum Gasteiger partial charge on any atom is 0.0589 e. The van der Waals surface area contributed by atoms with E-state index in [-0.39, 0.29) is 0 Å². The zero-order chi connectivity index (χ0) is 12.2. The predicted molar refractivity (Wildman–Crippen MR) is 69.8 cm³/mol. The van der Waals surface area contributed by atoms with Crippen molar-refractivity contribution >= 4 is 0 Å². The number of hydrogen-bond donors (Lipinski definition) is 1. The van der Waals surface area contributed by atoms with E-state index < -0.39 is 0 Å². The van der Waals surface area contributed by atoms with Crippen molar-refractivity contribution in [1.29, 1.82) is 0 Å². The number of likely N-dealkylation sites (N-methyl/N-ethyl adjacent to an activating group) is 1. The summed E-state index contributed by atoms with van der Waals surface area (Å²) in [6.45, 7) is 12.6. The third-order valence-electron chi connectivity index (χ3n) is 2.92. The fourth-order valence-electron chi connectivity index (χ4n) is 1.69. The highest BCUT2D eigenvalue weighted by molar-refractivity contribution is 4.62. The molecule has 0 bridgehead atoms. The second kappa shape index (κ2) is 11.3. The number of nitrogens with two attached hydrogens (primary N) is 1. The zero-order valence-electron chi connectivity index (χ0n) is 11.2. The van der Waals surface area contributed by atoms with Crippen molar-refractivity contribution in [3.63, 3.8) is 0 Å². The molecule has 0 spiro atoms. The molecule has 0 rings (SSSR count). The summed E-state index contributed by atoms with van der Waals surface area (Å²) in [6, 6.07) is 0. The molecule has 0 saturated carbocycles. The summed E-state index contributed by atoms with van der Waals surface area (Å²) < 4.78 is 5.13. The lowest BCUT2D eigenvalue weighted by atomic mass is 10.3. The van der Waals surface area contributed by atoms with Crippen molar-refractivity contribution in [3.05, 3.63) is 0 Å². The maximum atomic E-state index is 5.55. The first kappa shape index (κ1) is 15.8. The number of ether oxygens (including phenoxy) is 1. The Morgan fingerprint density at radius 2 is 1.56 bits per heavy atom. The van der Waals surface area contributed by atoms with E-state index in [0.717, 1.165) is 58.8 Å². The molecule has 4 heteroatoms. The normalized spacial score (nSPS) is 11.6. The van der Waals surface area contributed by atoms with Gasteiger partial charge in [-0.1, -0.05) is 13.8 Å². The Kier molecular flexibility index (Phi) is 11.2. The highest BCUT2D eigenvalue weighted by Gasteiger charge is 2.06. The number of hydrogen-bond acceptors (Lipinski definition) is 4. The molecule has 0 atom stereocenters. The van der Waals surface area contributed by atoms with E-state index >= 15 is 0 Å². The molecular formula is C12H29N3O. The van der Waals surface area contributed by atoms with Crippen molar-refractivity contribution in [2.24, 2.45) is 5.73 Å². The zero-order valence-corrected chi connectivity index (χ0v) is 11.2. The van der Waals surface area contributed by atoms with Gasteiger partial charge in [0.05, 0.1) is 6.61 Å². The lowest BCUT2D eigenvalue weighted by Gasteiger charge is -2.25. The van der Waals surface area contributed by atoms with Crippen LogP contribution in [0.15, 0.2) is 0 Å². The van der Waals surface area contributed by atoms with E-state index in [1.807, 2.05) is 0 Å². The Labute approximate surface area is 101 Å². The minimum Gasteiger partial charge on any atom is -0.383 e. The van der Waals surface area contributed by atoms with E-state index in [1.165, 1.54) is 0 Å². The van der Waals surface area contributed by atoms with Crippen LogP contribution in [0, 0.1) is 0 Å². The maximum absolute atomic E-state index is 5.55. The SMILES string of the molecule is CCN(CC)CCN(CCCN)CCOC. The van der Waals surface area contributed by atoms with Crippen molar-refractivity contribution < 1.29 is 4.74 Å². The van der Waals surface area contributed by atoms with E-state index in [9.17, 15) is 0 Å². The molecule has 2 N–H and O–H groups in total. The lowest BCUT2D eigenvalue weighted by molar-refractivity contribution is 0.137. The average molecular weight is 231 g/mol. The summed E-state index contributed by atoms with van der Waals surface area (Å²) in [5, 5.41) is 0. The van der Waals surface area contributed by atoms with Crippen LogP contribution >= 0.6 is 0 Å². The molecule has 0 amide bonds. The molecule has 98 valence electrons. The van der Waals surface area contributed by atoms with Crippen LogP contribution in [0.3, 0.4) is 0 Å². The molecule has 4 nitrogen and oxygen atoms in total. The molecule has 0 fully saturated rings. The first-order chi connectivity index (χ1) is 7.78. The monoisotopic (exact) mass is 231 g/mol. The Hall–Kier alpha value is -0.160. The molecule has 0 aliphatic heterocycles. The van der Waals surface area contributed by atoms with Gasteiger partial charge in [0.15, 0.2) is 0 Å². The van der Waals surface area contributed by atoms with Crippen LogP contribution in [0.1, 0.15) is 20.3 Å². The Bertz CT molecular complexity index is 132. The summed E-state index contributed by atoms with van der Waals surface area (Å²) >= 11 is 0. The Morgan fingerprint density at radius 1 is 0.938 bits per heavy atom. The average Bonchev–Trinajstić information content (AvgIpc) is 2.32. The van der Waals surface area contributed by atoms with Gasteiger partial charge in [0, 0.05) is 26.7 Å². The van der Waals surface area contributed by atoms with Crippen molar-refractivity contribution in [2.75, 3.05) is 59.5 Å². The number of rotatable bonds is 11. The van der Waals surface area contributed by atoms with Crippen molar-refractivity contribution in [2.45, 2.75) is 20.3 Å². The minimum absolute atomic E-state index is 0.773. The fraction of sp³-hybridized carbons (Fsp3) is 1.00. The van der Waals surface area contributed by atoms with Gasteiger partial charge in [0.2, 0.25) is 0 Å². The summed E-state index contributed by atoms with van der Waals surface area (Å²) in [4.78, 5) is 4.89. The second-order valence-electron chi connectivity index (χ2n) is 4.00. The molecule has 0 aliphatic rings. The predicted octanol–water partition coefficient (Wildman–Crippen LogP) is 0.625. The van der Waals surface area contributed by atoms with Crippen LogP contribution in [0.4, 0.5) is 0 Å². The van der Waals surface area contributed by atoms with Gasteiger partial charge in [-0.25, -0.2) is 0 Å². The first-order valence-electron chi connectivity index (χ1n) is 6.42. The van der Waals surface area contributed by atoms with Gasteiger partial charge in [-0.05, 0) is 32.6 Å². The molecule has 0 aromatic carbocycles. The van der Waals surface area contributed by atoms with Crippen LogP contribution < -0.4 is 5.73 Å². The fourth-order valence-corrected chi connectivity index (χ4v) is 1.69. The minimum atomic E-state index is 0.773. The Balaban J connectivity index is 3.79. The molecule has 0 saturated heterocycles. The van der Waals surface area contributed by atoms with Gasteiger partial charge in [-0.2, -0.15) is 0 Å². The van der Waals surface area contributed by atoms with Crippen molar-refractivity contribution in [1.82, 2.24) is 9.80 Å². The molecule has 0 aromatic rings. The third kappa shape index (κ3) is 8.05. The van der Waals surface area contributed by atoms with Crippen LogP contribution in [-0.2, 0) is 4.74 Å². The van der Waals surface area contributed by atoms with E-state index in [0.29, 0.717) is 0 Å². The summed E-state index contributed by atoms with van der Waals surface area (Å²) in [5.41, 5.74) is 5.55. The molecule has 0 unspecified atom stereocenters. The number of methoxy groups -OCH3 is 1. The highest BCUT2D eigenvalue weighted by atomic mass is 16.5. The topological polar surface area (TPSA) is 41.7 Å². The van der Waals surface area contributed by atoms with Gasteiger partial charge >= 0.3 is 0 Å². The summed E-state index contributed by atoms with van der Waals surface area (Å²) in [7, 11) is 1.76. The van der Waals surface area contributed by atoms with Crippen LogP contribution in [0.5, 0.6) is 0 Å². The quantitative estimate of drug-likeness (QED) is 0.566. The van der Waals surface area contributed by atoms with Gasteiger partial charge in [0.25, 0.3) is 0 Å². The van der Waals surface area contributed by atoms with E-state index in [4.69, 9.17) is 10.5 Å². The highest BCUT2D eigenvalue weighted by Crippen LogP contribution is 1.94. The van der Waals surface area contributed by atoms with E-state index in [2.05, 4.69) is 23.6 Å². The van der Waals surface area contributed by atoms with E-state index in [1.54, 1.807) is 7.11 Å². The third-order valence-corrected chi connectivity index (χ3v) is 2.92. The molecule has 0 radical (unpaired) electrons. The largest absolute Gasteiger partial charge is 0.383 e. The lowest BCUT2D eigenvalue weighted by Crippen LogP contribution is -2.37. The first-order valence-corrected chi connectivity index (χ1v) is 6.42. The van der Waals surface area contributed by atoms with Crippen molar-refractivity contribution in [3.8, 4) is 0 Å². The molecular weight excluding hydrogens is 202 g/mol. The van der Waals surface area contributed by atoms with Gasteiger partial charge in [-0.15, -0.1) is 0 Å². The van der Waals surface area contributed by atoms with Crippen LogP contribution in [0.2, 0.25) is 0 Å². The summed E-state index contributed by atoms with van der Waals surface area (Å²) in [5.74, 6) is 0. The molecule has 0 aliphatic carbocycles. The standard InChI is InChI=1S/C12H29N3O/c1-4-14(5-2)9-10-15(8-6-7-13)11-12-16-3/h4-13H2,1-3H3. The van der Waals surface area contributed by atoms with Crippen LogP contribution in [-0.4, -0.2) is 69.3 Å². The molecule has 0 heterocycles. The smallest absolute Gasteiger partial charge is 0.0589 e. The van der Waals surface area contributed by atoms with Gasteiger partial charge in [0.1, 0.15) is 0 Å². The number of nitrogens with zero attached hydrogens (tertiary/aromatic N) is 2.